The Bertz CT molecular complexity index is 365. The molecule has 0 spiro atoms. The van der Waals surface area contributed by atoms with Gasteiger partial charge in [0.2, 0.25) is 11.8 Å². The van der Waals surface area contributed by atoms with Crippen molar-refractivity contribution in [3.63, 3.8) is 0 Å². The molecule has 1 rings (SSSR count). The number of nitrogens with zero attached hydrogens (tertiary/aromatic N) is 1. The van der Waals surface area contributed by atoms with Crippen LogP contribution in [0.3, 0.4) is 0 Å². The lowest BCUT2D eigenvalue weighted by Gasteiger charge is -2.38. The summed E-state index contributed by atoms with van der Waals surface area (Å²) in [5.74, 6) is 4.00. The maximum atomic E-state index is 12.4. The van der Waals surface area contributed by atoms with E-state index in [0.717, 1.165) is 12.2 Å². The van der Waals surface area contributed by atoms with Crippen molar-refractivity contribution < 1.29 is 9.59 Å². The van der Waals surface area contributed by atoms with Crippen molar-refractivity contribution >= 4 is 23.6 Å². The van der Waals surface area contributed by atoms with E-state index in [4.69, 9.17) is 6.42 Å². The smallest absolute Gasteiger partial charge is 0.245 e. The molecule has 2 atom stereocenters. The van der Waals surface area contributed by atoms with Gasteiger partial charge in [-0.1, -0.05) is 26.2 Å². The van der Waals surface area contributed by atoms with Gasteiger partial charge in [-0.15, -0.1) is 18.2 Å². The van der Waals surface area contributed by atoms with E-state index in [1.165, 1.54) is 0 Å². The Morgan fingerprint density at radius 2 is 2.16 bits per heavy atom. The minimum absolute atomic E-state index is 0.0255. The van der Waals surface area contributed by atoms with Gasteiger partial charge in [-0.3, -0.25) is 9.59 Å². The second-order valence-electron chi connectivity index (χ2n) is 4.56. The van der Waals surface area contributed by atoms with Crippen LogP contribution >= 0.6 is 11.8 Å². The Hall–Kier alpha value is -1.15. The number of hydrogen-bond acceptors (Lipinski definition) is 3. The Balaban J connectivity index is 2.67. The first kappa shape index (κ1) is 15.9. The zero-order valence-electron chi connectivity index (χ0n) is 11.6. The van der Waals surface area contributed by atoms with Crippen LogP contribution in [-0.2, 0) is 9.59 Å². The molecule has 0 aliphatic carbocycles. The predicted molar refractivity (Wildman–Crippen MR) is 78.8 cm³/mol. The number of carbonyl (C=O) groups excluding carboxylic acids is 2. The number of terminal acetylenes is 1. The fraction of sp³-hybridized carbons (Fsp3) is 0.714. The van der Waals surface area contributed by atoms with Crippen LogP contribution in [0.4, 0.5) is 0 Å². The van der Waals surface area contributed by atoms with Gasteiger partial charge in [0.05, 0.1) is 5.75 Å². The molecule has 106 valence electrons. The minimum atomic E-state index is -0.349. The van der Waals surface area contributed by atoms with Crippen LogP contribution < -0.4 is 5.32 Å². The maximum absolute atomic E-state index is 12.4. The summed E-state index contributed by atoms with van der Waals surface area (Å²) < 4.78 is 0. The summed E-state index contributed by atoms with van der Waals surface area (Å²) in [6, 6.07) is -0.676. The number of piperazine rings is 1. The average Bonchev–Trinajstić information content (AvgIpc) is 2.40. The van der Waals surface area contributed by atoms with E-state index in [0.29, 0.717) is 25.1 Å². The number of thioether (sulfide) groups is 1. The molecule has 1 N–H and O–H groups in total. The molecule has 1 aliphatic rings. The monoisotopic (exact) mass is 282 g/mol. The molecule has 0 aromatic rings. The summed E-state index contributed by atoms with van der Waals surface area (Å²) in [5.41, 5.74) is 0. The van der Waals surface area contributed by atoms with E-state index in [9.17, 15) is 9.59 Å². The quantitative estimate of drug-likeness (QED) is 0.565. The summed E-state index contributed by atoms with van der Waals surface area (Å²) in [5, 5.41) is 2.83. The lowest BCUT2D eigenvalue weighted by Crippen LogP contribution is -2.63. The van der Waals surface area contributed by atoms with Gasteiger partial charge >= 0.3 is 0 Å². The van der Waals surface area contributed by atoms with Gasteiger partial charge in [0.1, 0.15) is 12.1 Å². The Labute approximate surface area is 119 Å². The van der Waals surface area contributed by atoms with Crippen LogP contribution in [0.2, 0.25) is 0 Å². The van der Waals surface area contributed by atoms with Crippen molar-refractivity contribution in [2.75, 3.05) is 18.1 Å². The number of nitrogens with one attached hydrogen (secondary N) is 1. The summed E-state index contributed by atoms with van der Waals surface area (Å²) in [6.07, 6.45) is 7.43. The molecule has 2 unspecified atom stereocenters. The van der Waals surface area contributed by atoms with Crippen LogP contribution in [0, 0.1) is 12.3 Å². The van der Waals surface area contributed by atoms with Gasteiger partial charge in [0, 0.05) is 12.3 Å². The van der Waals surface area contributed by atoms with Gasteiger partial charge in [-0.05, 0) is 12.8 Å². The fourth-order valence-electron chi connectivity index (χ4n) is 2.28. The number of rotatable bonds is 7. The summed E-state index contributed by atoms with van der Waals surface area (Å²) >= 11 is 1.62. The van der Waals surface area contributed by atoms with Gasteiger partial charge < -0.3 is 10.2 Å². The van der Waals surface area contributed by atoms with Gasteiger partial charge in [-0.2, -0.15) is 0 Å². The second kappa shape index (κ2) is 8.11. The molecule has 0 aromatic carbocycles. The molecule has 0 aromatic heterocycles. The minimum Gasteiger partial charge on any atom is -0.343 e. The molecule has 2 amide bonds. The van der Waals surface area contributed by atoms with Gasteiger partial charge in [0.15, 0.2) is 0 Å². The van der Waals surface area contributed by atoms with Crippen molar-refractivity contribution in [3.8, 4) is 12.3 Å². The normalized spacial score (nSPS) is 23.1. The molecule has 1 heterocycles. The SMILES string of the molecule is C#CCSCCN1C(=O)C(CCC)NC(=O)C1CC. The van der Waals surface area contributed by atoms with E-state index in [1.54, 1.807) is 16.7 Å². The van der Waals surface area contributed by atoms with Gasteiger partial charge in [-0.25, -0.2) is 0 Å². The van der Waals surface area contributed by atoms with E-state index in [-0.39, 0.29) is 23.9 Å². The second-order valence-corrected chi connectivity index (χ2v) is 5.67. The van der Waals surface area contributed by atoms with Crippen LogP contribution in [-0.4, -0.2) is 46.8 Å². The highest BCUT2D eigenvalue weighted by atomic mass is 32.2. The van der Waals surface area contributed by atoms with Crippen LogP contribution in [0.5, 0.6) is 0 Å². The molecule has 1 aliphatic heterocycles. The van der Waals surface area contributed by atoms with Crippen molar-refractivity contribution in [1.29, 1.82) is 0 Å². The number of carbonyl (C=O) groups is 2. The summed E-state index contributed by atoms with van der Waals surface area (Å²) in [7, 11) is 0. The molecule has 0 radical (unpaired) electrons. The lowest BCUT2D eigenvalue weighted by molar-refractivity contribution is -0.149. The standard InChI is InChI=1S/C14H22N2O2S/c1-4-7-11-14(18)16(8-10-19-9-5-2)12(6-3)13(17)15-11/h2,11-12H,4,6-10H2,1,3H3,(H,15,17). The molecule has 0 bridgehead atoms. The Morgan fingerprint density at radius 3 is 2.74 bits per heavy atom. The topological polar surface area (TPSA) is 49.4 Å². The molecule has 1 saturated heterocycles. The molecule has 5 heteroatoms. The third-order valence-electron chi connectivity index (χ3n) is 3.20. The highest BCUT2D eigenvalue weighted by Gasteiger charge is 2.38. The van der Waals surface area contributed by atoms with Crippen molar-refractivity contribution in [3.05, 3.63) is 0 Å². The molecule has 4 nitrogen and oxygen atoms in total. The molecule has 0 saturated carbocycles. The molecular formula is C14H22N2O2S. The lowest BCUT2D eigenvalue weighted by atomic mass is 10.0. The Morgan fingerprint density at radius 1 is 1.42 bits per heavy atom. The van der Waals surface area contributed by atoms with Crippen LogP contribution in [0.1, 0.15) is 33.1 Å². The summed E-state index contributed by atoms with van der Waals surface area (Å²) in [6.45, 7) is 4.54. The van der Waals surface area contributed by atoms with E-state index in [1.807, 2.05) is 13.8 Å². The van der Waals surface area contributed by atoms with Crippen molar-refractivity contribution in [2.45, 2.75) is 45.2 Å². The van der Waals surface area contributed by atoms with Crippen LogP contribution in [0.15, 0.2) is 0 Å². The third kappa shape index (κ3) is 4.17. The predicted octanol–water partition coefficient (Wildman–Crippen LogP) is 1.26. The first-order chi connectivity index (χ1) is 9.15. The van der Waals surface area contributed by atoms with E-state index >= 15 is 0 Å². The highest BCUT2D eigenvalue weighted by Crippen LogP contribution is 2.16. The van der Waals surface area contributed by atoms with Crippen molar-refractivity contribution in [2.24, 2.45) is 0 Å². The van der Waals surface area contributed by atoms with E-state index < -0.39 is 0 Å². The molecule has 1 fully saturated rings. The average molecular weight is 282 g/mol. The maximum Gasteiger partial charge on any atom is 0.245 e. The third-order valence-corrected chi connectivity index (χ3v) is 4.04. The largest absolute Gasteiger partial charge is 0.343 e. The Kier molecular flexibility index (Phi) is 6.79. The molecular weight excluding hydrogens is 260 g/mol. The summed E-state index contributed by atoms with van der Waals surface area (Å²) in [4.78, 5) is 26.1. The van der Waals surface area contributed by atoms with Crippen molar-refractivity contribution in [1.82, 2.24) is 10.2 Å². The van der Waals surface area contributed by atoms with E-state index in [2.05, 4.69) is 11.2 Å². The van der Waals surface area contributed by atoms with Crippen LogP contribution in [0.25, 0.3) is 0 Å². The fourth-order valence-corrected chi connectivity index (χ4v) is 2.86. The first-order valence-corrected chi connectivity index (χ1v) is 7.93. The number of amides is 2. The highest BCUT2D eigenvalue weighted by molar-refractivity contribution is 7.99. The zero-order valence-corrected chi connectivity index (χ0v) is 12.5. The molecule has 19 heavy (non-hydrogen) atoms. The van der Waals surface area contributed by atoms with Gasteiger partial charge in [0.25, 0.3) is 0 Å². The number of hydrogen-bond donors (Lipinski definition) is 1. The first-order valence-electron chi connectivity index (χ1n) is 6.77. The zero-order chi connectivity index (χ0) is 14.3.